The van der Waals surface area contributed by atoms with Gasteiger partial charge >= 0.3 is 0 Å². The number of likely N-dealkylation sites (tertiary alicyclic amines) is 1. The first-order valence-electron chi connectivity index (χ1n) is 7.33. The number of methoxy groups -OCH3 is 1. The van der Waals surface area contributed by atoms with Crippen molar-refractivity contribution in [1.82, 2.24) is 10.2 Å². The quantitative estimate of drug-likeness (QED) is 0.795. The minimum absolute atomic E-state index is 0.120. The predicted octanol–water partition coefficient (Wildman–Crippen LogP) is 0.959. The molecule has 0 unspecified atom stereocenters. The number of carbonyl (C=O) groups is 1. The van der Waals surface area contributed by atoms with E-state index >= 15 is 0 Å². The Hall–Kier alpha value is -0.950. The van der Waals surface area contributed by atoms with Crippen LogP contribution in [0, 0.1) is 11.3 Å². The first-order valence-corrected chi connectivity index (χ1v) is 8.27. The fourth-order valence-electron chi connectivity index (χ4n) is 3.36. The summed E-state index contributed by atoms with van der Waals surface area (Å²) in [5.41, 5.74) is 0.958. The van der Waals surface area contributed by atoms with Gasteiger partial charge in [-0.1, -0.05) is 0 Å². The molecule has 1 amide bonds. The van der Waals surface area contributed by atoms with Gasteiger partial charge in [-0.05, 0) is 22.4 Å². The second kappa shape index (κ2) is 6.44. The van der Waals surface area contributed by atoms with Crippen LogP contribution in [-0.4, -0.2) is 57.4 Å². The second-order valence-electron chi connectivity index (χ2n) is 5.92. The first-order chi connectivity index (χ1) is 10.2. The van der Waals surface area contributed by atoms with Gasteiger partial charge < -0.3 is 14.8 Å². The zero-order valence-electron chi connectivity index (χ0n) is 12.3. The Balaban J connectivity index is 1.64. The van der Waals surface area contributed by atoms with E-state index in [1.54, 1.807) is 18.4 Å². The average Bonchev–Trinajstić information content (AvgIpc) is 3.15. The molecular weight excluding hydrogens is 288 g/mol. The third-order valence-corrected chi connectivity index (χ3v) is 5.21. The molecule has 0 aliphatic carbocycles. The lowest BCUT2D eigenvalue weighted by Crippen LogP contribution is -2.47. The molecule has 2 atom stereocenters. The zero-order valence-corrected chi connectivity index (χ0v) is 13.2. The van der Waals surface area contributed by atoms with Crippen molar-refractivity contribution in [3.05, 3.63) is 22.4 Å². The summed E-state index contributed by atoms with van der Waals surface area (Å²) in [7, 11) is 1.64. The van der Waals surface area contributed by atoms with Gasteiger partial charge in [0.05, 0.1) is 25.2 Å². The van der Waals surface area contributed by atoms with E-state index in [4.69, 9.17) is 9.47 Å². The molecule has 3 heterocycles. The van der Waals surface area contributed by atoms with Crippen LogP contribution in [0.1, 0.15) is 5.56 Å². The highest BCUT2D eigenvalue weighted by Crippen LogP contribution is 2.42. The Morgan fingerprint density at radius 3 is 3.33 bits per heavy atom. The minimum Gasteiger partial charge on any atom is -0.383 e. The van der Waals surface area contributed by atoms with Crippen LogP contribution in [0.3, 0.4) is 0 Å². The van der Waals surface area contributed by atoms with Crippen LogP contribution < -0.4 is 5.32 Å². The molecule has 1 aromatic heterocycles. The zero-order chi connectivity index (χ0) is 14.7. The van der Waals surface area contributed by atoms with Crippen LogP contribution in [0.25, 0.3) is 0 Å². The van der Waals surface area contributed by atoms with Crippen LogP contribution in [-0.2, 0) is 20.8 Å². The van der Waals surface area contributed by atoms with E-state index < -0.39 is 0 Å². The molecule has 0 spiro atoms. The molecule has 0 bridgehead atoms. The van der Waals surface area contributed by atoms with Gasteiger partial charge in [0.15, 0.2) is 0 Å². The summed E-state index contributed by atoms with van der Waals surface area (Å²) < 4.78 is 10.6. The van der Waals surface area contributed by atoms with Gasteiger partial charge in [0.1, 0.15) is 0 Å². The molecule has 3 rings (SSSR count). The molecule has 0 saturated carbocycles. The van der Waals surface area contributed by atoms with E-state index in [0.29, 0.717) is 32.3 Å². The number of ether oxygens (including phenoxy) is 2. The van der Waals surface area contributed by atoms with Crippen molar-refractivity contribution in [2.24, 2.45) is 11.3 Å². The van der Waals surface area contributed by atoms with Gasteiger partial charge in [0.2, 0.25) is 5.91 Å². The number of hydrogen-bond donors (Lipinski definition) is 1. The molecule has 1 aromatic rings. The number of nitrogens with zero attached hydrogens (tertiary/aromatic N) is 1. The lowest BCUT2D eigenvalue weighted by molar-refractivity contribution is -0.131. The Labute approximate surface area is 129 Å². The summed E-state index contributed by atoms with van der Waals surface area (Å²) >= 11 is 1.72. The summed E-state index contributed by atoms with van der Waals surface area (Å²) in [6, 6.07) is 2.15. The highest BCUT2D eigenvalue weighted by atomic mass is 32.1. The molecule has 2 aliphatic heterocycles. The largest absolute Gasteiger partial charge is 0.383 e. The van der Waals surface area contributed by atoms with Gasteiger partial charge in [-0.15, -0.1) is 0 Å². The van der Waals surface area contributed by atoms with Crippen molar-refractivity contribution in [3.8, 4) is 0 Å². The molecule has 5 nitrogen and oxygen atoms in total. The Kier molecular flexibility index (Phi) is 4.59. The maximum Gasteiger partial charge on any atom is 0.230 e. The van der Waals surface area contributed by atoms with Crippen molar-refractivity contribution in [1.29, 1.82) is 0 Å². The van der Waals surface area contributed by atoms with Crippen LogP contribution in [0.4, 0.5) is 0 Å². The molecule has 0 aromatic carbocycles. The van der Waals surface area contributed by atoms with Crippen LogP contribution >= 0.6 is 11.3 Å². The van der Waals surface area contributed by atoms with Crippen LogP contribution in [0.2, 0.25) is 0 Å². The number of amides is 1. The van der Waals surface area contributed by atoms with Gasteiger partial charge in [-0.2, -0.15) is 11.3 Å². The first kappa shape index (κ1) is 15.0. The molecule has 2 fully saturated rings. The Bertz CT molecular complexity index is 479. The lowest BCUT2D eigenvalue weighted by Gasteiger charge is -2.26. The molecule has 2 saturated heterocycles. The molecule has 116 valence electrons. The highest BCUT2D eigenvalue weighted by molar-refractivity contribution is 7.07. The summed E-state index contributed by atoms with van der Waals surface area (Å²) in [6.07, 6.45) is 0. The Morgan fingerprint density at radius 2 is 2.57 bits per heavy atom. The normalized spacial score (nSPS) is 28.7. The number of fused-ring (bicyclic) bond motifs is 1. The molecule has 21 heavy (non-hydrogen) atoms. The van der Waals surface area contributed by atoms with Crippen molar-refractivity contribution < 1.29 is 14.3 Å². The van der Waals surface area contributed by atoms with E-state index in [0.717, 1.165) is 19.6 Å². The fraction of sp³-hybridized carbons (Fsp3) is 0.667. The van der Waals surface area contributed by atoms with Crippen molar-refractivity contribution in [2.75, 3.05) is 46.6 Å². The third kappa shape index (κ3) is 2.99. The Morgan fingerprint density at radius 1 is 1.67 bits per heavy atom. The number of carbonyl (C=O) groups excluding carboxylic acids is 1. The molecule has 6 heteroatoms. The fourth-order valence-corrected chi connectivity index (χ4v) is 4.02. The molecular formula is C15H22N2O3S. The van der Waals surface area contributed by atoms with Crippen LogP contribution in [0.15, 0.2) is 16.8 Å². The number of thiophene rings is 1. The molecule has 1 N–H and O–H groups in total. The van der Waals surface area contributed by atoms with Gasteiger partial charge in [-0.3, -0.25) is 9.69 Å². The van der Waals surface area contributed by atoms with Crippen molar-refractivity contribution >= 4 is 17.2 Å². The van der Waals surface area contributed by atoms with E-state index in [9.17, 15) is 4.79 Å². The standard InChI is InChI=1S/C15H22N2O3S/c1-19-4-3-16-14(18)15-10-17(6-12-2-5-21-9-12)7-13(15)8-20-11-15/h2,5,9,13H,3-4,6-8,10-11H2,1H3,(H,16,18)/t13-,15-/m0/s1. The van der Waals surface area contributed by atoms with Crippen molar-refractivity contribution in [2.45, 2.75) is 6.54 Å². The van der Waals surface area contributed by atoms with Gasteiger partial charge in [0.25, 0.3) is 0 Å². The summed E-state index contributed by atoms with van der Waals surface area (Å²) in [6.45, 7) is 4.99. The van der Waals surface area contributed by atoms with E-state index in [-0.39, 0.29) is 11.3 Å². The smallest absolute Gasteiger partial charge is 0.230 e. The maximum atomic E-state index is 12.6. The third-order valence-electron chi connectivity index (χ3n) is 4.47. The van der Waals surface area contributed by atoms with Gasteiger partial charge in [-0.25, -0.2) is 0 Å². The van der Waals surface area contributed by atoms with Crippen molar-refractivity contribution in [3.63, 3.8) is 0 Å². The maximum absolute atomic E-state index is 12.6. The second-order valence-corrected chi connectivity index (χ2v) is 6.70. The highest BCUT2D eigenvalue weighted by Gasteiger charge is 2.55. The van der Waals surface area contributed by atoms with E-state index in [2.05, 4.69) is 27.0 Å². The summed E-state index contributed by atoms with van der Waals surface area (Å²) in [5.74, 6) is 0.425. The number of rotatable bonds is 6. The van der Waals surface area contributed by atoms with E-state index in [1.165, 1.54) is 5.56 Å². The molecule has 2 aliphatic rings. The lowest BCUT2D eigenvalue weighted by atomic mass is 9.80. The van der Waals surface area contributed by atoms with E-state index in [1.807, 2.05) is 0 Å². The number of nitrogens with one attached hydrogen (secondary N) is 1. The monoisotopic (exact) mass is 310 g/mol. The van der Waals surface area contributed by atoms with Gasteiger partial charge in [0, 0.05) is 39.2 Å². The van der Waals surface area contributed by atoms with Crippen LogP contribution in [0.5, 0.6) is 0 Å². The SMILES string of the molecule is COCCNC(=O)[C@@]12COC[C@@H]1CN(Cc1ccsc1)C2. The summed E-state index contributed by atoms with van der Waals surface area (Å²) in [4.78, 5) is 15.0. The minimum atomic E-state index is -0.371. The average molecular weight is 310 g/mol. The number of hydrogen-bond acceptors (Lipinski definition) is 5. The topological polar surface area (TPSA) is 50.8 Å². The summed E-state index contributed by atoms with van der Waals surface area (Å²) in [5, 5.41) is 7.27. The molecule has 0 radical (unpaired) electrons. The predicted molar refractivity (Wildman–Crippen MR) is 81.2 cm³/mol.